The summed E-state index contributed by atoms with van der Waals surface area (Å²) in [6.07, 6.45) is 4.52. The maximum Gasteiger partial charge on any atom is 0.328 e. The third-order valence-electron chi connectivity index (χ3n) is 4.25. The highest BCUT2D eigenvalue weighted by Crippen LogP contribution is 2.31. The zero-order valence-corrected chi connectivity index (χ0v) is 12.6. The van der Waals surface area contributed by atoms with Gasteiger partial charge in [0.25, 0.3) is 0 Å². The molecular formula is C17H22FNO2. The summed E-state index contributed by atoms with van der Waals surface area (Å²) in [6, 6.07) is 4.91. The first-order valence-electron chi connectivity index (χ1n) is 7.43. The number of carboxylic acids is 1. The molecular weight excluding hydrogens is 269 g/mol. The number of rotatable bonds is 4. The van der Waals surface area contributed by atoms with Gasteiger partial charge >= 0.3 is 5.97 Å². The second-order valence-electron chi connectivity index (χ2n) is 5.91. The van der Waals surface area contributed by atoms with Crippen molar-refractivity contribution in [2.45, 2.75) is 26.7 Å². The van der Waals surface area contributed by atoms with E-state index in [1.54, 1.807) is 6.07 Å². The van der Waals surface area contributed by atoms with Gasteiger partial charge in [0.15, 0.2) is 0 Å². The molecule has 0 radical (unpaired) electrons. The maximum absolute atomic E-state index is 14.0. The Hall–Kier alpha value is -1.84. The summed E-state index contributed by atoms with van der Waals surface area (Å²) in [5, 5.41) is 8.74. The Morgan fingerprint density at radius 2 is 2.05 bits per heavy atom. The number of nitrogens with zero attached hydrogens (tertiary/aromatic N) is 1. The van der Waals surface area contributed by atoms with Crippen LogP contribution in [0, 0.1) is 17.7 Å². The van der Waals surface area contributed by atoms with Gasteiger partial charge in [-0.1, -0.05) is 19.9 Å². The van der Waals surface area contributed by atoms with E-state index in [1.165, 1.54) is 12.1 Å². The Balaban J connectivity index is 2.20. The lowest BCUT2D eigenvalue weighted by atomic mass is 9.86. The molecule has 1 heterocycles. The van der Waals surface area contributed by atoms with Crippen molar-refractivity contribution in [3.63, 3.8) is 0 Å². The predicted molar refractivity (Wildman–Crippen MR) is 82.8 cm³/mol. The summed E-state index contributed by atoms with van der Waals surface area (Å²) >= 11 is 0. The molecule has 1 N–H and O–H groups in total. The van der Waals surface area contributed by atoms with Crippen LogP contribution in [0.2, 0.25) is 0 Å². The van der Waals surface area contributed by atoms with E-state index in [2.05, 4.69) is 18.7 Å². The lowest BCUT2D eigenvalue weighted by Gasteiger charge is -2.36. The van der Waals surface area contributed by atoms with Crippen LogP contribution in [0.25, 0.3) is 6.08 Å². The molecule has 1 aliphatic rings. The van der Waals surface area contributed by atoms with Crippen molar-refractivity contribution in [3.05, 3.63) is 35.7 Å². The molecule has 0 unspecified atom stereocenters. The highest BCUT2D eigenvalue weighted by Gasteiger charge is 2.23. The number of halogens is 1. The van der Waals surface area contributed by atoms with Gasteiger partial charge in [-0.3, -0.25) is 0 Å². The summed E-state index contributed by atoms with van der Waals surface area (Å²) in [6.45, 7) is 6.26. The third-order valence-corrected chi connectivity index (χ3v) is 4.25. The van der Waals surface area contributed by atoms with Gasteiger partial charge in [-0.2, -0.15) is 0 Å². The minimum Gasteiger partial charge on any atom is -0.478 e. The molecule has 114 valence electrons. The maximum atomic E-state index is 14.0. The van der Waals surface area contributed by atoms with Gasteiger partial charge in [-0.25, -0.2) is 9.18 Å². The number of hydrogen-bond acceptors (Lipinski definition) is 2. The molecule has 1 aromatic carbocycles. The molecule has 21 heavy (non-hydrogen) atoms. The fourth-order valence-corrected chi connectivity index (χ4v) is 2.93. The van der Waals surface area contributed by atoms with E-state index in [0.717, 1.165) is 37.7 Å². The molecule has 4 heteroatoms. The molecule has 0 atom stereocenters. The Morgan fingerprint density at radius 3 is 2.62 bits per heavy atom. The molecule has 1 saturated heterocycles. The smallest absolute Gasteiger partial charge is 0.328 e. The molecule has 0 amide bonds. The van der Waals surface area contributed by atoms with Gasteiger partial charge in [-0.15, -0.1) is 0 Å². The third kappa shape index (κ3) is 3.84. The highest BCUT2D eigenvalue weighted by atomic mass is 19.1. The van der Waals surface area contributed by atoms with E-state index in [4.69, 9.17) is 5.11 Å². The van der Waals surface area contributed by atoms with Crippen LogP contribution in [0.5, 0.6) is 0 Å². The van der Waals surface area contributed by atoms with E-state index >= 15 is 0 Å². The molecule has 0 bridgehead atoms. The van der Waals surface area contributed by atoms with Gasteiger partial charge < -0.3 is 10.0 Å². The van der Waals surface area contributed by atoms with Crippen LogP contribution in [-0.4, -0.2) is 24.2 Å². The van der Waals surface area contributed by atoms with Crippen molar-refractivity contribution in [2.75, 3.05) is 18.0 Å². The van der Waals surface area contributed by atoms with Crippen LogP contribution in [0.1, 0.15) is 32.3 Å². The first-order valence-corrected chi connectivity index (χ1v) is 7.43. The van der Waals surface area contributed by atoms with E-state index in [1.807, 2.05) is 6.07 Å². The standard InChI is InChI=1S/C17H22FNO2/c1-12(2)13-8-10-19(11-9-13)16-5-3-4-15(18)14(16)6-7-17(20)21/h3-7,12-13H,8-11H2,1-2H3,(H,20,21)/b7-6+. The van der Waals surface area contributed by atoms with Crippen molar-refractivity contribution in [1.29, 1.82) is 0 Å². The van der Waals surface area contributed by atoms with Gasteiger partial charge in [0.2, 0.25) is 0 Å². The van der Waals surface area contributed by atoms with Crippen LogP contribution < -0.4 is 4.90 Å². The molecule has 0 saturated carbocycles. The Bertz CT molecular complexity index is 532. The Labute approximate surface area is 125 Å². The topological polar surface area (TPSA) is 40.5 Å². The van der Waals surface area contributed by atoms with Gasteiger partial charge in [0.05, 0.1) is 0 Å². The van der Waals surface area contributed by atoms with Gasteiger partial charge in [0, 0.05) is 30.4 Å². The summed E-state index contributed by atoms with van der Waals surface area (Å²) in [4.78, 5) is 12.8. The Kier molecular flexibility index (Phi) is 4.99. The van der Waals surface area contributed by atoms with Crippen LogP contribution in [0.3, 0.4) is 0 Å². The van der Waals surface area contributed by atoms with Crippen LogP contribution in [0.15, 0.2) is 24.3 Å². The SMILES string of the molecule is CC(C)C1CCN(c2cccc(F)c2/C=C/C(=O)O)CC1. The normalized spacial score (nSPS) is 16.9. The molecule has 1 aliphatic heterocycles. The minimum absolute atomic E-state index is 0.364. The lowest BCUT2D eigenvalue weighted by Crippen LogP contribution is -2.35. The number of carbonyl (C=O) groups is 1. The zero-order chi connectivity index (χ0) is 15.4. The second kappa shape index (κ2) is 6.74. The average Bonchev–Trinajstić information content (AvgIpc) is 2.45. The van der Waals surface area contributed by atoms with E-state index in [9.17, 15) is 9.18 Å². The summed E-state index contributed by atoms with van der Waals surface area (Å²) in [5.74, 6) is -0.0578. The number of anilines is 1. The monoisotopic (exact) mass is 291 g/mol. The van der Waals surface area contributed by atoms with Crippen LogP contribution in [-0.2, 0) is 4.79 Å². The number of aliphatic carboxylic acids is 1. The molecule has 0 aromatic heterocycles. The highest BCUT2D eigenvalue weighted by molar-refractivity contribution is 5.87. The first kappa shape index (κ1) is 15.5. The van der Waals surface area contributed by atoms with Crippen molar-refractivity contribution in [3.8, 4) is 0 Å². The fraction of sp³-hybridized carbons (Fsp3) is 0.471. The Morgan fingerprint density at radius 1 is 1.38 bits per heavy atom. The van der Waals surface area contributed by atoms with Gasteiger partial charge in [-0.05, 0) is 42.9 Å². The summed E-state index contributed by atoms with van der Waals surface area (Å²) < 4.78 is 14.0. The first-order chi connectivity index (χ1) is 9.99. The molecule has 0 spiro atoms. The number of benzene rings is 1. The van der Waals surface area contributed by atoms with Crippen LogP contribution in [0.4, 0.5) is 10.1 Å². The summed E-state index contributed by atoms with van der Waals surface area (Å²) in [7, 11) is 0. The molecule has 2 rings (SSSR count). The molecule has 1 fully saturated rings. The fourth-order valence-electron chi connectivity index (χ4n) is 2.93. The van der Waals surface area contributed by atoms with Gasteiger partial charge in [0.1, 0.15) is 5.82 Å². The molecule has 0 aliphatic carbocycles. The van der Waals surface area contributed by atoms with Crippen LogP contribution >= 0.6 is 0 Å². The zero-order valence-electron chi connectivity index (χ0n) is 12.6. The lowest BCUT2D eigenvalue weighted by molar-refractivity contribution is -0.131. The predicted octanol–water partition coefficient (Wildman–Crippen LogP) is 3.80. The van der Waals surface area contributed by atoms with E-state index in [0.29, 0.717) is 17.4 Å². The van der Waals surface area contributed by atoms with Crippen molar-refractivity contribution in [1.82, 2.24) is 0 Å². The van der Waals surface area contributed by atoms with Crippen molar-refractivity contribution in [2.24, 2.45) is 11.8 Å². The number of piperidine rings is 1. The largest absolute Gasteiger partial charge is 0.478 e. The quantitative estimate of drug-likeness (QED) is 0.858. The van der Waals surface area contributed by atoms with E-state index in [-0.39, 0.29) is 5.82 Å². The van der Waals surface area contributed by atoms with Crippen molar-refractivity contribution >= 4 is 17.7 Å². The average molecular weight is 291 g/mol. The number of hydrogen-bond donors (Lipinski definition) is 1. The van der Waals surface area contributed by atoms with Crippen molar-refractivity contribution < 1.29 is 14.3 Å². The second-order valence-corrected chi connectivity index (χ2v) is 5.91. The van der Waals surface area contributed by atoms with E-state index < -0.39 is 5.97 Å². The minimum atomic E-state index is -1.07. The molecule has 1 aromatic rings. The molecule has 3 nitrogen and oxygen atoms in total. The number of carboxylic acid groups (broad SMARTS) is 1. The summed E-state index contributed by atoms with van der Waals surface area (Å²) in [5.41, 5.74) is 1.15.